The maximum atomic E-state index is 11.4. The lowest BCUT2D eigenvalue weighted by molar-refractivity contribution is 0.331. The van der Waals surface area contributed by atoms with E-state index in [4.69, 9.17) is 0 Å². The van der Waals surface area contributed by atoms with Gasteiger partial charge in [-0.2, -0.15) is 0 Å². The van der Waals surface area contributed by atoms with Gasteiger partial charge in [-0.15, -0.1) is 24.0 Å². The van der Waals surface area contributed by atoms with Crippen molar-refractivity contribution in [1.29, 1.82) is 0 Å². The molecule has 1 heterocycles. The van der Waals surface area contributed by atoms with Crippen molar-refractivity contribution in [2.24, 2.45) is 4.99 Å². The average molecular weight is 509 g/mol. The molecule has 1 aliphatic rings. The standard InChI is InChI=1S/C18H31N5O2S.HI/c1-3-26(24,25)22-11-10-20-18(19-2)21-14-16-6-8-17(9-7-16)15-23-12-4-5-13-23;/h6-9,22H,3-5,10-15H2,1-2H3,(H2,19,20,21);1H. The molecular formula is C18H32IN5O2S. The fourth-order valence-corrected chi connectivity index (χ4v) is 3.47. The van der Waals surface area contributed by atoms with Gasteiger partial charge in [0.2, 0.25) is 10.0 Å². The normalized spacial score (nSPS) is 15.4. The number of guanidine groups is 1. The highest BCUT2D eigenvalue weighted by molar-refractivity contribution is 14.0. The smallest absolute Gasteiger partial charge is 0.211 e. The van der Waals surface area contributed by atoms with Gasteiger partial charge < -0.3 is 10.6 Å². The molecule has 0 aromatic heterocycles. The van der Waals surface area contributed by atoms with Crippen molar-refractivity contribution in [2.75, 3.05) is 39.0 Å². The van der Waals surface area contributed by atoms with Gasteiger partial charge >= 0.3 is 0 Å². The van der Waals surface area contributed by atoms with Gasteiger partial charge in [-0.05, 0) is 44.0 Å². The molecule has 27 heavy (non-hydrogen) atoms. The van der Waals surface area contributed by atoms with Gasteiger partial charge in [0.25, 0.3) is 0 Å². The van der Waals surface area contributed by atoms with E-state index in [9.17, 15) is 8.42 Å². The first kappa shape index (κ1) is 24.1. The molecule has 0 bridgehead atoms. The van der Waals surface area contributed by atoms with Crippen LogP contribution < -0.4 is 15.4 Å². The topological polar surface area (TPSA) is 85.8 Å². The molecule has 0 radical (unpaired) electrons. The number of sulfonamides is 1. The molecule has 1 fully saturated rings. The van der Waals surface area contributed by atoms with E-state index in [-0.39, 0.29) is 29.7 Å². The van der Waals surface area contributed by atoms with Crippen molar-refractivity contribution < 1.29 is 8.42 Å². The molecule has 9 heteroatoms. The van der Waals surface area contributed by atoms with E-state index in [1.54, 1.807) is 14.0 Å². The molecule has 0 saturated carbocycles. The maximum absolute atomic E-state index is 11.4. The van der Waals surface area contributed by atoms with Crippen LogP contribution in [0.1, 0.15) is 30.9 Å². The highest BCUT2D eigenvalue weighted by atomic mass is 127. The molecule has 1 saturated heterocycles. The van der Waals surface area contributed by atoms with Crippen LogP contribution in [0, 0.1) is 0 Å². The number of nitrogens with one attached hydrogen (secondary N) is 3. The summed E-state index contributed by atoms with van der Waals surface area (Å²) >= 11 is 0. The predicted molar refractivity (Wildman–Crippen MR) is 122 cm³/mol. The zero-order chi connectivity index (χ0) is 18.8. The van der Waals surface area contributed by atoms with E-state index in [0.29, 0.717) is 25.6 Å². The minimum absolute atomic E-state index is 0. The summed E-state index contributed by atoms with van der Waals surface area (Å²) in [5.74, 6) is 0.745. The lowest BCUT2D eigenvalue weighted by Gasteiger charge is -2.15. The molecular weight excluding hydrogens is 477 g/mol. The number of hydrogen-bond acceptors (Lipinski definition) is 4. The molecule has 0 atom stereocenters. The first-order chi connectivity index (χ1) is 12.5. The third kappa shape index (κ3) is 9.22. The predicted octanol–water partition coefficient (Wildman–Crippen LogP) is 1.50. The minimum Gasteiger partial charge on any atom is -0.355 e. The number of aliphatic imine (C=N–C) groups is 1. The van der Waals surface area contributed by atoms with Crippen LogP contribution in [0.2, 0.25) is 0 Å². The Hall–Kier alpha value is -0.910. The molecule has 1 aromatic rings. The van der Waals surface area contributed by atoms with E-state index < -0.39 is 10.0 Å². The van der Waals surface area contributed by atoms with E-state index in [1.807, 2.05) is 0 Å². The molecule has 0 amide bonds. The van der Waals surface area contributed by atoms with Gasteiger partial charge in [-0.1, -0.05) is 24.3 Å². The SMILES string of the molecule is CCS(=O)(=O)NCCNC(=NC)NCc1ccc(CN2CCCC2)cc1.I. The molecule has 1 aromatic carbocycles. The van der Waals surface area contributed by atoms with Crippen LogP contribution in [0.5, 0.6) is 0 Å². The van der Waals surface area contributed by atoms with Gasteiger partial charge in [0.15, 0.2) is 5.96 Å². The van der Waals surface area contributed by atoms with Crippen molar-refractivity contribution in [3.8, 4) is 0 Å². The zero-order valence-electron chi connectivity index (χ0n) is 16.2. The van der Waals surface area contributed by atoms with Gasteiger partial charge in [-0.3, -0.25) is 9.89 Å². The van der Waals surface area contributed by atoms with Gasteiger partial charge in [0.05, 0.1) is 5.75 Å². The van der Waals surface area contributed by atoms with Crippen LogP contribution in [0.25, 0.3) is 0 Å². The van der Waals surface area contributed by atoms with Crippen LogP contribution >= 0.6 is 24.0 Å². The highest BCUT2D eigenvalue weighted by Crippen LogP contribution is 2.13. The summed E-state index contributed by atoms with van der Waals surface area (Å²) in [4.78, 5) is 6.65. The average Bonchev–Trinajstić information content (AvgIpc) is 3.15. The molecule has 1 aliphatic heterocycles. The molecule has 2 rings (SSSR count). The van der Waals surface area contributed by atoms with Crippen LogP contribution in [-0.4, -0.2) is 58.3 Å². The van der Waals surface area contributed by atoms with E-state index in [1.165, 1.54) is 37.1 Å². The minimum atomic E-state index is -3.15. The largest absolute Gasteiger partial charge is 0.355 e. The summed E-state index contributed by atoms with van der Waals surface area (Å²) in [6.07, 6.45) is 2.63. The number of nitrogens with zero attached hydrogens (tertiary/aromatic N) is 2. The quantitative estimate of drug-likeness (QED) is 0.203. The lowest BCUT2D eigenvalue weighted by atomic mass is 10.1. The molecule has 7 nitrogen and oxygen atoms in total. The second-order valence-electron chi connectivity index (χ2n) is 6.45. The fraction of sp³-hybridized carbons (Fsp3) is 0.611. The summed E-state index contributed by atoms with van der Waals surface area (Å²) in [6, 6.07) is 8.65. The lowest BCUT2D eigenvalue weighted by Crippen LogP contribution is -2.41. The van der Waals surface area contributed by atoms with Crippen molar-refractivity contribution in [1.82, 2.24) is 20.3 Å². The number of hydrogen-bond donors (Lipinski definition) is 3. The van der Waals surface area contributed by atoms with E-state index >= 15 is 0 Å². The Morgan fingerprint density at radius 1 is 1.07 bits per heavy atom. The maximum Gasteiger partial charge on any atom is 0.211 e. The zero-order valence-corrected chi connectivity index (χ0v) is 19.3. The van der Waals surface area contributed by atoms with Crippen molar-refractivity contribution in [3.05, 3.63) is 35.4 Å². The number of halogens is 1. The van der Waals surface area contributed by atoms with Crippen molar-refractivity contribution >= 4 is 40.0 Å². The molecule has 3 N–H and O–H groups in total. The summed E-state index contributed by atoms with van der Waals surface area (Å²) in [5.41, 5.74) is 2.53. The summed E-state index contributed by atoms with van der Waals surface area (Å²) in [7, 11) is -1.45. The summed E-state index contributed by atoms with van der Waals surface area (Å²) < 4.78 is 25.3. The Bertz CT molecular complexity index is 673. The second-order valence-corrected chi connectivity index (χ2v) is 8.55. The van der Waals surface area contributed by atoms with E-state index in [2.05, 4.69) is 49.5 Å². The van der Waals surface area contributed by atoms with Crippen LogP contribution in [0.4, 0.5) is 0 Å². The van der Waals surface area contributed by atoms with Crippen molar-refractivity contribution in [3.63, 3.8) is 0 Å². The van der Waals surface area contributed by atoms with Gasteiger partial charge in [-0.25, -0.2) is 13.1 Å². The Balaban J connectivity index is 0.00000364. The third-order valence-corrected chi connectivity index (χ3v) is 5.83. The number of rotatable bonds is 9. The summed E-state index contributed by atoms with van der Waals surface area (Å²) in [6.45, 7) is 6.55. The van der Waals surface area contributed by atoms with Crippen LogP contribution in [-0.2, 0) is 23.1 Å². The Morgan fingerprint density at radius 3 is 2.30 bits per heavy atom. The van der Waals surface area contributed by atoms with Gasteiger partial charge in [0, 0.05) is 33.2 Å². The monoisotopic (exact) mass is 509 g/mol. The fourth-order valence-electron chi connectivity index (χ4n) is 2.86. The number of benzene rings is 1. The van der Waals surface area contributed by atoms with Crippen LogP contribution in [0.15, 0.2) is 29.3 Å². The Kier molecular flexibility index (Phi) is 11.2. The molecule has 0 aliphatic carbocycles. The molecule has 0 spiro atoms. The Morgan fingerprint density at radius 2 is 1.70 bits per heavy atom. The molecule has 154 valence electrons. The van der Waals surface area contributed by atoms with Crippen molar-refractivity contribution in [2.45, 2.75) is 32.9 Å². The highest BCUT2D eigenvalue weighted by Gasteiger charge is 2.11. The second kappa shape index (κ2) is 12.5. The number of likely N-dealkylation sites (tertiary alicyclic amines) is 1. The summed E-state index contributed by atoms with van der Waals surface area (Å²) in [5, 5.41) is 6.34. The van der Waals surface area contributed by atoms with Gasteiger partial charge in [0.1, 0.15) is 0 Å². The first-order valence-corrected chi connectivity index (χ1v) is 10.9. The first-order valence-electron chi connectivity index (χ1n) is 9.24. The Labute approximate surface area is 180 Å². The molecule has 0 unspecified atom stereocenters. The van der Waals surface area contributed by atoms with Crippen LogP contribution in [0.3, 0.4) is 0 Å². The third-order valence-electron chi connectivity index (χ3n) is 4.43. The van der Waals surface area contributed by atoms with E-state index in [0.717, 1.165) is 6.54 Å².